The van der Waals surface area contributed by atoms with Crippen molar-refractivity contribution in [1.29, 1.82) is 0 Å². The van der Waals surface area contributed by atoms with Crippen LogP contribution in [0.1, 0.15) is 23.0 Å². The van der Waals surface area contributed by atoms with Gasteiger partial charge in [-0.05, 0) is 38.1 Å². The van der Waals surface area contributed by atoms with Gasteiger partial charge < -0.3 is 14.2 Å². The molecular weight excluding hydrogens is 472 g/mol. The lowest BCUT2D eigenvalue weighted by Crippen LogP contribution is -2.51. The normalized spacial score (nSPS) is 14.7. The highest BCUT2D eigenvalue weighted by Gasteiger charge is 2.30. The second-order valence-electron chi connectivity index (χ2n) is 8.16. The summed E-state index contributed by atoms with van der Waals surface area (Å²) in [6.07, 6.45) is 1.40. The maximum Gasteiger partial charge on any atom is 0.344 e. The van der Waals surface area contributed by atoms with E-state index in [0.29, 0.717) is 17.6 Å². The van der Waals surface area contributed by atoms with Crippen molar-refractivity contribution >= 4 is 32.9 Å². The zero-order chi connectivity index (χ0) is 25.2. The van der Waals surface area contributed by atoms with Gasteiger partial charge in [-0.15, -0.1) is 0 Å². The van der Waals surface area contributed by atoms with Gasteiger partial charge in [-0.3, -0.25) is 9.59 Å². The summed E-state index contributed by atoms with van der Waals surface area (Å²) in [5, 5.41) is 0.300. The molecule has 10 nitrogen and oxygen atoms in total. The Morgan fingerprint density at radius 2 is 1.71 bits per heavy atom. The van der Waals surface area contributed by atoms with E-state index in [1.165, 1.54) is 27.5 Å². The number of pyridine rings is 2. The third-order valence-electron chi connectivity index (χ3n) is 5.92. The quantitative estimate of drug-likeness (QED) is 0.472. The molecule has 0 bridgehead atoms. The molecule has 4 rings (SSSR count). The van der Waals surface area contributed by atoms with Crippen LogP contribution in [-0.4, -0.2) is 71.8 Å². The van der Waals surface area contributed by atoms with E-state index in [2.05, 4.69) is 4.98 Å². The second-order valence-corrected chi connectivity index (χ2v) is 10.1. The molecule has 0 saturated carbocycles. The fourth-order valence-corrected chi connectivity index (χ4v) is 5.41. The van der Waals surface area contributed by atoms with Crippen LogP contribution in [0.3, 0.4) is 0 Å². The van der Waals surface area contributed by atoms with Crippen LogP contribution in [0, 0.1) is 6.92 Å². The monoisotopic (exact) mass is 498 g/mol. The summed E-state index contributed by atoms with van der Waals surface area (Å²) in [6, 6.07) is 11.4. The van der Waals surface area contributed by atoms with Gasteiger partial charge in [0.05, 0.1) is 10.3 Å². The Labute approximate surface area is 202 Å². The largest absolute Gasteiger partial charge is 0.452 e. The summed E-state index contributed by atoms with van der Waals surface area (Å²) in [6.45, 7) is 4.24. The Morgan fingerprint density at radius 1 is 1.03 bits per heavy atom. The van der Waals surface area contributed by atoms with Crippen LogP contribution >= 0.6 is 0 Å². The van der Waals surface area contributed by atoms with Crippen molar-refractivity contribution in [3.05, 3.63) is 70.1 Å². The molecule has 3 heterocycles. The summed E-state index contributed by atoms with van der Waals surface area (Å²) in [5.74, 6) is -1.35. The van der Waals surface area contributed by atoms with E-state index >= 15 is 0 Å². The van der Waals surface area contributed by atoms with Crippen LogP contribution < -0.4 is 5.43 Å². The molecule has 11 heteroatoms. The van der Waals surface area contributed by atoms with Crippen LogP contribution in [-0.2, 0) is 26.1 Å². The fraction of sp³-hybridized carbons (Fsp3) is 0.333. The standard InChI is InChI=1S/C24H26N4O6S/c1-3-26-15-20(22(30)19-10-9-17(2)25-23(19)26)24(31)34-16-21(29)27-11-13-28(14-12-27)35(32,33)18-7-5-4-6-8-18/h4-10,15H,3,11-14,16H2,1-2H3. The zero-order valence-electron chi connectivity index (χ0n) is 19.5. The number of rotatable bonds is 6. The average Bonchev–Trinajstić information content (AvgIpc) is 2.88. The molecule has 1 aromatic carbocycles. The first-order valence-electron chi connectivity index (χ1n) is 11.2. The van der Waals surface area contributed by atoms with E-state index in [1.54, 1.807) is 34.9 Å². The lowest BCUT2D eigenvalue weighted by Gasteiger charge is -2.33. The van der Waals surface area contributed by atoms with Gasteiger partial charge in [-0.1, -0.05) is 18.2 Å². The topological polar surface area (TPSA) is 119 Å². The van der Waals surface area contributed by atoms with Gasteiger partial charge in [0.2, 0.25) is 15.5 Å². The first-order chi connectivity index (χ1) is 16.7. The van der Waals surface area contributed by atoms with Gasteiger partial charge in [0, 0.05) is 44.6 Å². The first kappa shape index (κ1) is 24.6. The van der Waals surface area contributed by atoms with Crippen molar-refractivity contribution in [3.8, 4) is 0 Å². The molecule has 184 valence electrons. The first-order valence-corrected chi connectivity index (χ1v) is 12.7. The van der Waals surface area contributed by atoms with Gasteiger partial charge in [0.1, 0.15) is 11.2 Å². The number of nitrogens with zero attached hydrogens (tertiary/aromatic N) is 4. The molecule has 0 aliphatic carbocycles. The minimum absolute atomic E-state index is 0.134. The Kier molecular flexibility index (Phi) is 6.99. The molecule has 1 fully saturated rings. The van der Waals surface area contributed by atoms with Gasteiger partial charge in [-0.2, -0.15) is 4.31 Å². The van der Waals surface area contributed by atoms with Crippen molar-refractivity contribution in [3.63, 3.8) is 0 Å². The van der Waals surface area contributed by atoms with Crippen LogP contribution in [0.4, 0.5) is 0 Å². The van der Waals surface area contributed by atoms with E-state index in [-0.39, 0.29) is 36.6 Å². The molecule has 0 N–H and O–H groups in total. The second kappa shape index (κ2) is 9.96. The Hall–Kier alpha value is -3.57. The molecule has 1 aliphatic heterocycles. The van der Waals surface area contributed by atoms with Gasteiger partial charge in [0.15, 0.2) is 6.61 Å². The van der Waals surface area contributed by atoms with E-state index in [4.69, 9.17) is 4.74 Å². The summed E-state index contributed by atoms with van der Waals surface area (Å²) < 4.78 is 33.7. The Morgan fingerprint density at radius 3 is 2.37 bits per heavy atom. The van der Waals surface area contributed by atoms with Crippen molar-refractivity contribution in [2.45, 2.75) is 25.3 Å². The minimum atomic E-state index is -3.64. The predicted molar refractivity (Wildman–Crippen MR) is 128 cm³/mol. The maximum atomic E-state index is 12.8. The predicted octanol–water partition coefficient (Wildman–Crippen LogP) is 1.41. The molecule has 1 aliphatic rings. The number of carbonyl (C=O) groups excluding carboxylic acids is 2. The number of piperazine rings is 1. The van der Waals surface area contributed by atoms with Gasteiger partial charge in [0.25, 0.3) is 5.91 Å². The van der Waals surface area contributed by atoms with Crippen molar-refractivity contribution in [1.82, 2.24) is 18.8 Å². The van der Waals surface area contributed by atoms with Gasteiger partial charge >= 0.3 is 5.97 Å². The fourth-order valence-electron chi connectivity index (χ4n) is 3.96. The molecule has 1 saturated heterocycles. The average molecular weight is 499 g/mol. The molecule has 3 aromatic rings. The van der Waals surface area contributed by atoms with Crippen LogP contribution in [0.2, 0.25) is 0 Å². The number of amides is 1. The summed E-state index contributed by atoms with van der Waals surface area (Å²) in [4.78, 5) is 44.1. The maximum absolute atomic E-state index is 12.8. The lowest BCUT2D eigenvalue weighted by molar-refractivity contribution is -0.135. The van der Waals surface area contributed by atoms with Crippen molar-refractivity contribution < 1.29 is 22.7 Å². The highest BCUT2D eigenvalue weighted by Crippen LogP contribution is 2.17. The molecule has 0 spiro atoms. The molecule has 2 aromatic heterocycles. The van der Waals surface area contributed by atoms with E-state index in [0.717, 1.165) is 5.69 Å². The van der Waals surface area contributed by atoms with Crippen LogP contribution in [0.5, 0.6) is 0 Å². The molecular formula is C24H26N4O6S. The number of benzene rings is 1. The lowest BCUT2D eigenvalue weighted by atomic mass is 10.2. The molecule has 0 unspecified atom stereocenters. The van der Waals surface area contributed by atoms with Crippen molar-refractivity contribution in [2.24, 2.45) is 0 Å². The van der Waals surface area contributed by atoms with Crippen molar-refractivity contribution in [2.75, 3.05) is 32.8 Å². The number of aryl methyl sites for hydroxylation is 2. The third kappa shape index (κ3) is 4.96. The molecule has 0 atom stereocenters. The number of sulfonamides is 1. The smallest absolute Gasteiger partial charge is 0.344 e. The highest BCUT2D eigenvalue weighted by molar-refractivity contribution is 7.89. The summed E-state index contributed by atoms with van der Waals surface area (Å²) in [7, 11) is -3.64. The number of carbonyl (C=O) groups is 2. The summed E-state index contributed by atoms with van der Waals surface area (Å²) >= 11 is 0. The number of aromatic nitrogens is 2. The number of ether oxygens (including phenoxy) is 1. The van der Waals surface area contributed by atoms with Crippen LogP contribution in [0.25, 0.3) is 11.0 Å². The Balaban J connectivity index is 1.39. The number of hydrogen-bond acceptors (Lipinski definition) is 7. The number of fused-ring (bicyclic) bond motifs is 1. The number of esters is 1. The van der Waals surface area contributed by atoms with E-state index in [9.17, 15) is 22.8 Å². The van der Waals surface area contributed by atoms with E-state index < -0.39 is 33.9 Å². The molecule has 1 amide bonds. The third-order valence-corrected chi connectivity index (χ3v) is 7.83. The van der Waals surface area contributed by atoms with E-state index in [1.807, 2.05) is 13.8 Å². The Bertz CT molecular complexity index is 1430. The van der Waals surface area contributed by atoms with Crippen LogP contribution in [0.15, 0.2) is 58.4 Å². The van der Waals surface area contributed by atoms with Gasteiger partial charge in [-0.25, -0.2) is 18.2 Å². The molecule has 0 radical (unpaired) electrons. The SMILES string of the molecule is CCn1cc(C(=O)OCC(=O)N2CCN(S(=O)(=O)c3ccccc3)CC2)c(=O)c2ccc(C)nc21. The zero-order valence-corrected chi connectivity index (χ0v) is 20.3. The number of hydrogen-bond donors (Lipinski definition) is 0. The minimum Gasteiger partial charge on any atom is -0.452 e. The summed E-state index contributed by atoms with van der Waals surface area (Å²) in [5.41, 5.74) is 0.552. The molecule has 35 heavy (non-hydrogen) atoms. The highest BCUT2D eigenvalue weighted by atomic mass is 32.2.